The Hall–Kier alpha value is -2.07. The van der Waals surface area contributed by atoms with E-state index in [2.05, 4.69) is 4.98 Å². The molecule has 0 bridgehead atoms. The van der Waals surface area contributed by atoms with Gasteiger partial charge in [-0.1, -0.05) is 53.0 Å². The summed E-state index contributed by atoms with van der Waals surface area (Å²) in [6.45, 7) is 0. The van der Waals surface area contributed by atoms with E-state index in [4.69, 9.17) is 40.5 Å². The van der Waals surface area contributed by atoms with E-state index < -0.39 is 5.91 Å². The number of pyridine rings is 1. The van der Waals surface area contributed by atoms with Gasteiger partial charge in [-0.2, -0.15) is 0 Å². The minimum atomic E-state index is -0.577. The normalized spacial score (nSPS) is 10.6. The topological polar surface area (TPSA) is 56.0 Å². The largest absolute Gasteiger partial charge is 0.366 e. The molecule has 0 aliphatic heterocycles. The first-order chi connectivity index (χ1) is 11.5. The molecule has 1 amide bonds. The maximum atomic E-state index is 11.9. The molecular formula is C18H11Cl3N2O. The van der Waals surface area contributed by atoms with Crippen LogP contribution in [0, 0.1) is 0 Å². The summed E-state index contributed by atoms with van der Waals surface area (Å²) in [7, 11) is 0. The highest BCUT2D eigenvalue weighted by molar-refractivity contribution is 6.44. The highest BCUT2D eigenvalue weighted by Crippen LogP contribution is 2.43. The quantitative estimate of drug-likeness (QED) is 0.657. The Bertz CT molecular complexity index is 927. The van der Waals surface area contributed by atoms with Gasteiger partial charge in [0.2, 0.25) is 5.91 Å². The predicted molar refractivity (Wildman–Crippen MR) is 98.7 cm³/mol. The maximum Gasteiger partial charge on any atom is 0.249 e. The van der Waals surface area contributed by atoms with Gasteiger partial charge in [-0.05, 0) is 30.3 Å². The molecule has 0 atom stereocenters. The van der Waals surface area contributed by atoms with Crippen LogP contribution < -0.4 is 5.73 Å². The Morgan fingerprint density at radius 2 is 1.67 bits per heavy atom. The molecule has 24 heavy (non-hydrogen) atoms. The number of rotatable bonds is 3. The highest BCUT2D eigenvalue weighted by Gasteiger charge is 2.21. The average Bonchev–Trinajstić information content (AvgIpc) is 2.58. The van der Waals surface area contributed by atoms with Crippen molar-refractivity contribution in [2.75, 3.05) is 0 Å². The molecule has 3 nitrogen and oxygen atoms in total. The van der Waals surface area contributed by atoms with Gasteiger partial charge in [0.1, 0.15) is 0 Å². The number of hydrogen-bond acceptors (Lipinski definition) is 2. The molecule has 120 valence electrons. The van der Waals surface area contributed by atoms with Gasteiger partial charge in [-0.15, -0.1) is 0 Å². The fraction of sp³-hybridized carbons (Fsp3) is 0. The standard InChI is InChI=1S/C18H11Cl3N2O/c19-12-8-7-11(18(22)24)16(14-6-1-2-9-23-14)15(12)10-4-3-5-13(20)17(10)21/h1-9H,(H2,22,24). The first-order valence-electron chi connectivity index (χ1n) is 6.98. The van der Waals surface area contributed by atoms with Crippen LogP contribution in [0.4, 0.5) is 0 Å². The van der Waals surface area contributed by atoms with Crippen molar-refractivity contribution >= 4 is 40.7 Å². The smallest absolute Gasteiger partial charge is 0.249 e. The van der Waals surface area contributed by atoms with Gasteiger partial charge in [0, 0.05) is 33.5 Å². The number of nitrogens with zero attached hydrogens (tertiary/aromatic N) is 1. The number of carbonyl (C=O) groups is 1. The third kappa shape index (κ3) is 2.98. The number of hydrogen-bond donors (Lipinski definition) is 1. The van der Waals surface area contributed by atoms with Crippen LogP contribution in [0.3, 0.4) is 0 Å². The van der Waals surface area contributed by atoms with Crippen molar-refractivity contribution in [1.29, 1.82) is 0 Å². The van der Waals surface area contributed by atoms with Gasteiger partial charge in [0.25, 0.3) is 0 Å². The van der Waals surface area contributed by atoms with Gasteiger partial charge < -0.3 is 5.73 Å². The third-order valence-electron chi connectivity index (χ3n) is 3.56. The van der Waals surface area contributed by atoms with Crippen LogP contribution in [-0.2, 0) is 0 Å². The fourth-order valence-corrected chi connectivity index (χ4v) is 3.17. The summed E-state index contributed by atoms with van der Waals surface area (Å²) in [4.78, 5) is 16.3. The number of nitrogens with two attached hydrogens (primary N) is 1. The number of primary amides is 1. The summed E-state index contributed by atoms with van der Waals surface area (Å²) in [6, 6.07) is 13.8. The minimum absolute atomic E-state index is 0.309. The molecule has 3 aromatic rings. The maximum absolute atomic E-state index is 11.9. The number of carbonyl (C=O) groups excluding carboxylic acids is 1. The SMILES string of the molecule is NC(=O)c1ccc(Cl)c(-c2cccc(Cl)c2Cl)c1-c1ccccn1. The van der Waals surface area contributed by atoms with E-state index in [0.717, 1.165) is 0 Å². The second-order valence-corrected chi connectivity index (χ2v) is 6.22. The summed E-state index contributed by atoms with van der Waals surface area (Å²) in [5, 5.41) is 1.16. The van der Waals surface area contributed by atoms with E-state index in [1.807, 2.05) is 6.07 Å². The van der Waals surface area contributed by atoms with Crippen molar-refractivity contribution in [3.05, 3.63) is 75.4 Å². The van der Waals surface area contributed by atoms with Gasteiger partial charge in [0.05, 0.1) is 15.7 Å². The van der Waals surface area contributed by atoms with E-state index in [1.165, 1.54) is 0 Å². The van der Waals surface area contributed by atoms with E-state index in [0.29, 0.717) is 43.0 Å². The van der Waals surface area contributed by atoms with Crippen LogP contribution in [0.15, 0.2) is 54.7 Å². The molecule has 0 unspecified atom stereocenters. The summed E-state index contributed by atoms with van der Waals surface area (Å²) < 4.78 is 0. The molecule has 6 heteroatoms. The lowest BCUT2D eigenvalue weighted by molar-refractivity contribution is 0.100. The molecule has 1 heterocycles. The van der Waals surface area contributed by atoms with Crippen LogP contribution in [0.5, 0.6) is 0 Å². The summed E-state index contributed by atoms with van der Waals surface area (Å²) >= 11 is 18.9. The molecule has 0 radical (unpaired) electrons. The molecular weight excluding hydrogens is 367 g/mol. The van der Waals surface area contributed by atoms with Crippen LogP contribution in [0.25, 0.3) is 22.4 Å². The first kappa shape index (κ1) is 16.8. The summed E-state index contributed by atoms with van der Waals surface area (Å²) in [6.07, 6.45) is 1.63. The zero-order valence-electron chi connectivity index (χ0n) is 12.3. The lowest BCUT2D eigenvalue weighted by Crippen LogP contribution is -2.13. The van der Waals surface area contributed by atoms with Crippen molar-refractivity contribution in [2.24, 2.45) is 5.73 Å². The Morgan fingerprint density at radius 3 is 2.33 bits per heavy atom. The van der Waals surface area contributed by atoms with Crippen molar-refractivity contribution in [3.8, 4) is 22.4 Å². The van der Waals surface area contributed by atoms with Crippen molar-refractivity contribution in [1.82, 2.24) is 4.98 Å². The number of halogens is 3. The monoisotopic (exact) mass is 376 g/mol. The molecule has 3 rings (SSSR count). The molecule has 0 fully saturated rings. The predicted octanol–water partition coefficient (Wildman–Crippen LogP) is 5.47. The number of aromatic nitrogens is 1. The van der Waals surface area contributed by atoms with E-state index >= 15 is 0 Å². The molecule has 2 N–H and O–H groups in total. The van der Waals surface area contributed by atoms with Crippen LogP contribution >= 0.6 is 34.8 Å². The van der Waals surface area contributed by atoms with Crippen LogP contribution in [0.1, 0.15) is 10.4 Å². The fourth-order valence-electron chi connectivity index (χ4n) is 2.52. The molecule has 0 saturated heterocycles. The van der Waals surface area contributed by atoms with Crippen molar-refractivity contribution in [3.63, 3.8) is 0 Å². The van der Waals surface area contributed by atoms with Gasteiger partial charge in [-0.3, -0.25) is 9.78 Å². The Morgan fingerprint density at radius 1 is 0.875 bits per heavy atom. The van der Waals surface area contributed by atoms with Crippen molar-refractivity contribution < 1.29 is 4.79 Å². The molecule has 0 spiro atoms. The first-order valence-corrected chi connectivity index (χ1v) is 8.12. The second kappa shape index (κ2) is 6.81. The van der Waals surface area contributed by atoms with Crippen molar-refractivity contribution in [2.45, 2.75) is 0 Å². The molecule has 0 saturated carbocycles. The Labute approximate surface area is 154 Å². The molecule has 2 aromatic carbocycles. The lowest BCUT2D eigenvalue weighted by atomic mass is 9.92. The zero-order chi connectivity index (χ0) is 17.3. The minimum Gasteiger partial charge on any atom is -0.366 e. The van der Waals surface area contributed by atoms with Gasteiger partial charge in [-0.25, -0.2) is 0 Å². The average molecular weight is 378 g/mol. The van der Waals surface area contributed by atoms with E-state index in [1.54, 1.807) is 48.7 Å². The highest BCUT2D eigenvalue weighted by atomic mass is 35.5. The molecule has 1 aromatic heterocycles. The van der Waals surface area contributed by atoms with E-state index in [-0.39, 0.29) is 0 Å². The number of benzene rings is 2. The Kier molecular flexibility index (Phi) is 4.76. The van der Waals surface area contributed by atoms with Gasteiger partial charge in [0.15, 0.2) is 0 Å². The third-order valence-corrected chi connectivity index (χ3v) is 4.70. The second-order valence-electron chi connectivity index (χ2n) is 5.03. The summed E-state index contributed by atoms with van der Waals surface area (Å²) in [5.41, 5.74) is 8.13. The van der Waals surface area contributed by atoms with Crippen LogP contribution in [-0.4, -0.2) is 10.9 Å². The van der Waals surface area contributed by atoms with Crippen LogP contribution in [0.2, 0.25) is 15.1 Å². The zero-order valence-corrected chi connectivity index (χ0v) is 14.5. The Balaban J connectivity index is 2.43. The molecule has 0 aliphatic carbocycles. The lowest BCUT2D eigenvalue weighted by Gasteiger charge is -2.16. The summed E-state index contributed by atoms with van der Waals surface area (Å²) in [5.74, 6) is -0.577. The molecule has 0 aliphatic rings. The van der Waals surface area contributed by atoms with Gasteiger partial charge >= 0.3 is 0 Å². The van der Waals surface area contributed by atoms with E-state index in [9.17, 15) is 4.79 Å². The number of amides is 1.